The van der Waals surface area contributed by atoms with Crippen LogP contribution in [0.4, 0.5) is 5.69 Å². The van der Waals surface area contributed by atoms with Gasteiger partial charge in [-0.05, 0) is 30.3 Å². The highest BCUT2D eigenvalue weighted by Gasteiger charge is 2.13. The van der Waals surface area contributed by atoms with E-state index in [9.17, 15) is 0 Å². The van der Waals surface area contributed by atoms with Crippen molar-refractivity contribution in [1.29, 1.82) is 0 Å². The lowest BCUT2D eigenvalue weighted by molar-refractivity contribution is 0.432. The molecule has 1 heterocycles. The van der Waals surface area contributed by atoms with E-state index in [1.165, 1.54) is 0 Å². The third-order valence-corrected chi connectivity index (χ3v) is 3.48. The second-order valence-corrected chi connectivity index (χ2v) is 5.52. The third kappa shape index (κ3) is 2.55. The molecule has 0 aliphatic rings. The van der Waals surface area contributed by atoms with Gasteiger partial charge in [-0.25, -0.2) is 0 Å². The fourth-order valence-electron chi connectivity index (χ4n) is 1.81. The van der Waals surface area contributed by atoms with Crippen LogP contribution in [0, 0.1) is 0 Å². The molecule has 0 fully saturated rings. The minimum atomic E-state index is 0.380. The molecule has 6 heteroatoms. The number of hydrogen-bond acceptors (Lipinski definition) is 4. The summed E-state index contributed by atoms with van der Waals surface area (Å²) in [6.45, 7) is 0. The van der Waals surface area contributed by atoms with Gasteiger partial charge in [-0.15, -0.1) is 0 Å². The first-order chi connectivity index (χ1) is 9.63. The van der Waals surface area contributed by atoms with Crippen LogP contribution >= 0.6 is 27.5 Å². The van der Waals surface area contributed by atoms with Crippen LogP contribution in [-0.4, -0.2) is 10.1 Å². The van der Waals surface area contributed by atoms with Gasteiger partial charge in [0.25, 0.3) is 5.89 Å². The maximum atomic E-state index is 5.95. The number of hydrogen-bond donors (Lipinski definition) is 1. The molecule has 100 valence electrons. The van der Waals surface area contributed by atoms with Crippen LogP contribution in [0.5, 0.6) is 0 Å². The Morgan fingerprint density at radius 1 is 1.15 bits per heavy atom. The molecule has 0 aliphatic heterocycles. The Bertz CT molecular complexity index is 773. The Morgan fingerprint density at radius 2 is 2.00 bits per heavy atom. The molecule has 0 unspecified atom stereocenters. The van der Waals surface area contributed by atoms with Gasteiger partial charge >= 0.3 is 0 Å². The molecule has 0 atom stereocenters. The Labute approximate surface area is 128 Å². The number of nitrogens with two attached hydrogens (primary N) is 1. The first-order valence-corrected chi connectivity index (χ1v) is 6.95. The molecule has 20 heavy (non-hydrogen) atoms. The first-order valence-electron chi connectivity index (χ1n) is 5.78. The molecular formula is C14H9BrClN3O. The SMILES string of the molecule is Nc1cc(Br)ccc1-c1nc(-c2cccc(Cl)c2)no1. The van der Waals surface area contributed by atoms with Gasteiger partial charge in [0.2, 0.25) is 5.82 Å². The Kier molecular flexibility index (Phi) is 3.46. The smallest absolute Gasteiger partial charge is 0.260 e. The van der Waals surface area contributed by atoms with Crippen LogP contribution in [-0.2, 0) is 0 Å². The summed E-state index contributed by atoms with van der Waals surface area (Å²) in [7, 11) is 0. The number of rotatable bonds is 2. The van der Waals surface area contributed by atoms with Gasteiger partial charge < -0.3 is 10.3 Å². The monoisotopic (exact) mass is 349 g/mol. The molecule has 0 radical (unpaired) electrons. The van der Waals surface area contributed by atoms with E-state index in [1.54, 1.807) is 18.2 Å². The van der Waals surface area contributed by atoms with E-state index in [2.05, 4.69) is 26.1 Å². The maximum Gasteiger partial charge on any atom is 0.260 e. The molecule has 0 saturated carbocycles. The molecule has 0 spiro atoms. The van der Waals surface area contributed by atoms with Crippen molar-refractivity contribution in [3.8, 4) is 22.8 Å². The molecule has 1 aromatic heterocycles. The Balaban J connectivity index is 2.02. The summed E-state index contributed by atoms with van der Waals surface area (Å²) in [5.74, 6) is 0.856. The lowest BCUT2D eigenvalue weighted by Crippen LogP contribution is -1.90. The zero-order chi connectivity index (χ0) is 14.1. The predicted octanol–water partition coefficient (Wildman–Crippen LogP) is 4.40. The van der Waals surface area contributed by atoms with Crippen LogP contribution in [0.15, 0.2) is 51.5 Å². The van der Waals surface area contributed by atoms with Gasteiger partial charge in [-0.2, -0.15) is 4.98 Å². The van der Waals surface area contributed by atoms with Gasteiger partial charge in [-0.1, -0.05) is 44.8 Å². The molecule has 0 bridgehead atoms. The van der Waals surface area contributed by atoms with Gasteiger partial charge in [0.15, 0.2) is 0 Å². The zero-order valence-electron chi connectivity index (χ0n) is 10.2. The summed E-state index contributed by atoms with van der Waals surface area (Å²) >= 11 is 9.31. The van der Waals surface area contributed by atoms with Crippen LogP contribution in [0.3, 0.4) is 0 Å². The van der Waals surface area contributed by atoms with Crippen molar-refractivity contribution in [3.63, 3.8) is 0 Å². The van der Waals surface area contributed by atoms with Gasteiger partial charge in [-0.3, -0.25) is 0 Å². The fourth-order valence-corrected chi connectivity index (χ4v) is 2.38. The minimum Gasteiger partial charge on any atom is -0.398 e. The van der Waals surface area contributed by atoms with Crippen LogP contribution in [0.25, 0.3) is 22.8 Å². The third-order valence-electron chi connectivity index (χ3n) is 2.75. The highest BCUT2D eigenvalue weighted by molar-refractivity contribution is 9.10. The number of halogens is 2. The van der Waals surface area contributed by atoms with Crippen molar-refractivity contribution in [1.82, 2.24) is 10.1 Å². The van der Waals surface area contributed by atoms with E-state index in [0.29, 0.717) is 28.0 Å². The molecule has 4 nitrogen and oxygen atoms in total. The van der Waals surface area contributed by atoms with E-state index in [4.69, 9.17) is 21.9 Å². The largest absolute Gasteiger partial charge is 0.398 e. The molecular weight excluding hydrogens is 342 g/mol. The molecule has 3 aromatic rings. The first kappa shape index (κ1) is 13.1. The molecule has 0 saturated heterocycles. The standard InChI is InChI=1S/C14H9BrClN3O/c15-9-4-5-11(12(17)7-9)14-18-13(19-20-14)8-2-1-3-10(16)6-8/h1-7H,17H2. The Hall–Kier alpha value is -1.85. The number of nitrogens with zero attached hydrogens (tertiary/aromatic N) is 2. The van der Waals surface area contributed by atoms with E-state index in [-0.39, 0.29) is 0 Å². The number of benzene rings is 2. The van der Waals surface area contributed by atoms with Crippen LogP contribution < -0.4 is 5.73 Å². The maximum absolute atomic E-state index is 5.95. The van der Waals surface area contributed by atoms with Crippen molar-refractivity contribution in [2.75, 3.05) is 5.73 Å². The van der Waals surface area contributed by atoms with E-state index in [1.807, 2.05) is 24.3 Å². The number of aromatic nitrogens is 2. The van der Waals surface area contributed by atoms with E-state index < -0.39 is 0 Å². The lowest BCUT2D eigenvalue weighted by Gasteiger charge is -2.00. The van der Waals surface area contributed by atoms with Crippen molar-refractivity contribution in [3.05, 3.63) is 52.0 Å². The summed E-state index contributed by atoms with van der Waals surface area (Å²) < 4.78 is 6.16. The van der Waals surface area contributed by atoms with Crippen molar-refractivity contribution >= 4 is 33.2 Å². The minimum absolute atomic E-state index is 0.380. The lowest BCUT2D eigenvalue weighted by atomic mass is 10.2. The fraction of sp³-hybridized carbons (Fsp3) is 0. The molecule has 2 N–H and O–H groups in total. The number of anilines is 1. The number of nitrogen functional groups attached to an aromatic ring is 1. The summed E-state index contributed by atoms with van der Waals surface area (Å²) in [6.07, 6.45) is 0. The topological polar surface area (TPSA) is 64.9 Å². The van der Waals surface area contributed by atoms with Crippen molar-refractivity contribution in [2.24, 2.45) is 0 Å². The molecule has 0 aliphatic carbocycles. The van der Waals surface area contributed by atoms with Crippen LogP contribution in [0.1, 0.15) is 0 Å². The predicted molar refractivity (Wildman–Crippen MR) is 82.3 cm³/mol. The highest BCUT2D eigenvalue weighted by Crippen LogP contribution is 2.29. The van der Waals surface area contributed by atoms with E-state index >= 15 is 0 Å². The van der Waals surface area contributed by atoms with Crippen molar-refractivity contribution in [2.45, 2.75) is 0 Å². The summed E-state index contributed by atoms with van der Waals surface area (Å²) in [5, 5.41) is 4.58. The molecule has 2 aromatic carbocycles. The van der Waals surface area contributed by atoms with Crippen molar-refractivity contribution < 1.29 is 4.52 Å². The van der Waals surface area contributed by atoms with Gasteiger partial charge in [0, 0.05) is 20.7 Å². The Morgan fingerprint density at radius 3 is 2.75 bits per heavy atom. The highest BCUT2D eigenvalue weighted by atomic mass is 79.9. The van der Waals surface area contributed by atoms with Crippen LogP contribution in [0.2, 0.25) is 5.02 Å². The van der Waals surface area contributed by atoms with Gasteiger partial charge in [0.1, 0.15) is 0 Å². The summed E-state index contributed by atoms with van der Waals surface area (Å²) in [4.78, 5) is 4.35. The normalized spacial score (nSPS) is 10.7. The second kappa shape index (κ2) is 5.26. The average molecular weight is 351 g/mol. The van der Waals surface area contributed by atoms with E-state index in [0.717, 1.165) is 10.0 Å². The average Bonchev–Trinajstić information content (AvgIpc) is 2.88. The quantitative estimate of drug-likeness (QED) is 0.696. The molecule has 3 rings (SSSR count). The summed E-state index contributed by atoms with van der Waals surface area (Å²) in [5.41, 5.74) is 8.01. The van der Waals surface area contributed by atoms with Gasteiger partial charge in [0.05, 0.1) is 5.56 Å². The zero-order valence-corrected chi connectivity index (χ0v) is 12.5. The summed E-state index contributed by atoms with van der Waals surface area (Å²) in [6, 6.07) is 12.8. The second-order valence-electron chi connectivity index (χ2n) is 4.17. The molecule has 0 amide bonds.